The van der Waals surface area contributed by atoms with Gasteiger partial charge in [0.2, 0.25) is 5.91 Å². The molecule has 0 aromatic heterocycles. The van der Waals surface area contributed by atoms with E-state index in [4.69, 9.17) is 0 Å². The molecular formula is C15H21NO3. The van der Waals surface area contributed by atoms with E-state index < -0.39 is 5.97 Å². The van der Waals surface area contributed by atoms with Crippen LogP contribution in [0.5, 0.6) is 0 Å². The normalized spacial score (nSPS) is 34.5. The molecule has 19 heavy (non-hydrogen) atoms. The standard InChI is InChI=1S/C15H21NO3/c17-14(11-4-2-1-3-5-11)16-8-12(10-6-7-10)13(9-16)15(18)19/h1-2,10-13H,3-9H2,(H,18,19)/t11?,12-,13+/m1/s1. The predicted molar refractivity (Wildman–Crippen MR) is 70.4 cm³/mol. The summed E-state index contributed by atoms with van der Waals surface area (Å²) in [5.41, 5.74) is 0. The molecule has 0 radical (unpaired) electrons. The van der Waals surface area contributed by atoms with Crippen LogP contribution >= 0.6 is 0 Å². The lowest BCUT2D eigenvalue weighted by Crippen LogP contribution is -2.35. The highest BCUT2D eigenvalue weighted by Crippen LogP contribution is 2.44. The summed E-state index contributed by atoms with van der Waals surface area (Å²) >= 11 is 0. The zero-order valence-electron chi connectivity index (χ0n) is 11.1. The fourth-order valence-electron chi connectivity index (χ4n) is 3.55. The number of hydrogen-bond acceptors (Lipinski definition) is 2. The van der Waals surface area contributed by atoms with Gasteiger partial charge in [-0.15, -0.1) is 0 Å². The van der Waals surface area contributed by atoms with Crippen LogP contribution in [-0.4, -0.2) is 35.0 Å². The molecule has 1 N–H and O–H groups in total. The Kier molecular flexibility index (Phi) is 3.33. The van der Waals surface area contributed by atoms with E-state index >= 15 is 0 Å². The van der Waals surface area contributed by atoms with Gasteiger partial charge in [0.05, 0.1) is 5.92 Å². The van der Waals surface area contributed by atoms with Crippen LogP contribution < -0.4 is 0 Å². The van der Waals surface area contributed by atoms with Crippen molar-refractivity contribution >= 4 is 11.9 Å². The van der Waals surface area contributed by atoms with Crippen molar-refractivity contribution in [2.24, 2.45) is 23.7 Å². The second kappa shape index (κ2) is 4.99. The lowest BCUT2D eigenvalue weighted by molar-refractivity contribution is -0.143. The Hall–Kier alpha value is -1.32. The molecule has 4 nitrogen and oxygen atoms in total. The van der Waals surface area contributed by atoms with Gasteiger partial charge in [0, 0.05) is 19.0 Å². The molecule has 2 fully saturated rings. The summed E-state index contributed by atoms with van der Waals surface area (Å²) in [7, 11) is 0. The molecule has 0 spiro atoms. The van der Waals surface area contributed by atoms with Crippen molar-refractivity contribution in [3.8, 4) is 0 Å². The number of likely N-dealkylation sites (tertiary alicyclic amines) is 1. The largest absolute Gasteiger partial charge is 0.481 e. The van der Waals surface area contributed by atoms with Gasteiger partial charge in [-0.25, -0.2) is 0 Å². The van der Waals surface area contributed by atoms with Crippen LogP contribution in [0.3, 0.4) is 0 Å². The summed E-state index contributed by atoms with van der Waals surface area (Å²) in [4.78, 5) is 25.6. The van der Waals surface area contributed by atoms with Crippen LogP contribution in [0.2, 0.25) is 0 Å². The summed E-state index contributed by atoms with van der Waals surface area (Å²) in [5, 5.41) is 9.32. The second-order valence-electron chi connectivity index (χ2n) is 6.17. The first-order valence-electron chi connectivity index (χ1n) is 7.33. The molecule has 1 saturated carbocycles. The van der Waals surface area contributed by atoms with Crippen LogP contribution in [0.4, 0.5) is 0 Å². The number of allylic oxidation sites excluding steroid dienone is 2. The molecule has 2 aliphatic carbocycles. The van der Waals surface area contributed by atoms with E-state index in [1.807, 2.05) is 4.90 Å². The maximum atomic E-state index is 12.5. The molecule has 1 unspecified atom stereocenters. The predicted octanol–water partition coefficient (Wildman–Crippen LogP) is 1.91. The number of rotatable bonds is 3. The molecule has 3 aliphatic rings. The highest BCUT2D eigenvalue weighted by molar-refractivity contribution is 5.81. The fraction of sp³-hybridized carbons (Fsp3) is 0.733. The van der Waals surface area contributed by atoms with Crippen molar-refractivity contribution in [2.45, 2.75) is 32.1 Å². The van der Waals surface area contributed by atoms with Gasteiger partial charge in [0.1, 0.15) is 0 Å². The van der Waals surface area contributed by atoms with Gasteiger partial charge >= 0.3 is 5.97 Å². The quantitative estimate of drug-likeness (QED) is 0.791. The van der Waals surface area contributed by atoms with E-state index in [9.17, 15) is 14.7 Å². The van der Waals surface area contributed by atoms with Crippen LogP contribution in [0.15, 0.2) is 12.2 Å². The molecule has 3 rings (SSSR count). The number of carbonyl (C=O) groups excluding carboxylic acids is 1. The highest BCUT2D eigenvalue weighted by atomic mass is 16.4. The first-order valence-corrected chi connectivity index (χ1v) is 7.33. The van der Waals surface area contributed by atoms with Gasteiger partial charge < -0.3 is 10.0 Å². The Balaban J connectivity index is 1.67. The smallest absolute Gasteiger partial charge is 0.308 e. The van der Waals surface area contributed by atoms with E-state index in [-0.39, 0.29) is 23.7 Å². The van der Waals surface area contributed by atoms with Crippen molar-refractivity contribution in [3.63, 3.8) is 0 Å². The molecule has 1 amide bonds. The lowest BCUT2D eigenvalue weighted by Gasteiger charge is -2.24. The number of nitrogens with zero attached hydrogens (tertiary/aromatic N) is 1. The molecule has 104 valence electrons. The van der Waals surface area contributed by atoms with Gasteiger partial charge in [0.25, 0.3) is 0 Å². The lowest BCUT2D eigenvalue weighted by atomic mass is 9.92. The average Bonchev–Trinajstić information content (AvgIpc) is 3.17. The Bertz CT molecular complexity index is 414. The number of carbonyl (C=O) groups is 2. The molecule has 0 bridgehead atoms. The zero-order valence-corrected chi connectivity index (χ0v) is 11.1. The molecule has 1 aliphatic heterocycles. The Labute approximate surface area is 113 Å². The minimum absolute atomic E-state index is 0.0809. The molecular weight excluding hydrogens is 242 g/mol. The molecule has 4 heteroatoms. The van der Waals surface area contributed by atoms with Crippen molar-refractivity contribution in [1.82, 2.24) is 4.90 Å². The van der Waals surface area contributed by atoms with E-state index in [1.54, 1.807) is 0 Å². The third-order valence-corrected chi connectivity index (χ3v) is 4.84. The second-order valence-corrected chi connectivity index (χ2v) is 6.17. The summed E-state index contributed by atoms with van der Waals surface area (Å²) in [5.74, 6) is -0.0618. The Morgan fingerprint density at radius 3 is 2.47 bits per heavy atom. The van der Waals surface area contributed by atoms with E-state index in [2.05, 4.69) is 12.2 Å². The van der Waals surface area contributed by atoms with E-state index in [1.165, 1.54) is 0 Å². The maximum absolute atomic E-state index is 12.5. The van der Waals surface area contributed by atoms with Crippen molar-refractivity contribution < 1.29 is 14.7 Å². The Morgan fingerprint density at radius 2 is 1.89 bits per heavy atom. The van der Waals surface area contributed by atoms with Gasteiger partial charge in [0.15, 0.2) is 0 Å². The number of amides is 1. The topological polar surface area (TPSA) is 57.6 Å². The van der Waals surface area contributed by atoms with Crippen molar-refractivity contribution in [2.75, 3.05) is 13.1 Å². The maximum Gasteiger partial charge on any atom is 0.308 e. The third kappa shape index (κ3) is 2.53. The molecule has 1 saturated heterocycles. The monoisotopic (exact) mass is 263 g/mol. The first kappa shape index (κ1) is 12.7. The van der Waals surface area contributed by atoms with Crippen molar-refractivity contribution in [1.29, 1.82) is 0 Å². The van der Waals surface area contributed by atoms with E-state index in [0.717, 1.165) is 32.1 Å². The van der Waals surface area contributed by atoms with Gasteiger partial charge in [-0.1, -0.05) is 12.2 Å². The SMILES string of the molecule is O=C(O)[C@H]1CN(C(=O)C2CC=CCC2)C[C@@H]1C1CC1. The molecule has 0 aromatic rings. The number of carboxylic acid groups (broad SMARTS) is 1. The minimum atomic E-state index is -0.726. The summed E-state index contributed by atoms with van der Waals surface area (Å²) in [6.45, 7) is 1.09. The van der Waals surface area contributed by atoms with Crippen LogP contribution in [0, 0.1) is 23.7 Å². The molecule has 1 heterocycles. The third-order valence-electron chi connectivity index (χ3n) is 4.84. The number of carboxylic acids is 1. The van der Waals surface area contributed by atoms with Crippen LogP contribution in [0.1, 0.15) is 32.1 Å². The molecule has 0 aromatic carbocycles. The Morgan fingerprint density at radius 1 is 1.11 bits per heavy atom. The summed E-state index contributed by atoms with van der Waals surface area (Å²) in [6.07, 6.45) is 9.19. The van der Waals surface area contributed by atoms with Gasteiger partial charge in [-0.3, -0.25) is 9.59 Å². The van der Waals surface area contributed by atoms with Crippen LogP contribution in [-0.2, 0) is 9.59 Å². The summed E-state index contributed by atoms with van der Waals surface area (Å²) in [6, 6.07) is 0. The first-order chi connectivity index (χ1) is 9.16. The minimum Gasteiger partial charge on any atom is -0.481 e. The molecule has 3 atom stereocenters. The van der Waals surface area contributed by atoms with E-state index in [0.29, 0.717) is 19.0 Å². The number of hydrogen-bond donors (Lipinski definition) is 1. The highest BCUT2D eigenvalue weighted by Gasteiger charge is 2.47. The van der Waals surface area contributed by atoms with Gasteiger partial charge in [-0.05, 0) is 43.9 Å². The number of aliphatic carboxylic acids is 1. The average molecular weight is 263 g/mol. The van der Waals surface area contributed by atoms with Crippen molar-refractivity contribution in [3.05, 3.63) is 12.2 Å². The zero-order chi connectivity index (χ0) is 13.4. The fourth-order valence-corrected chi connectivity index (χ4v) is 3.55. The van der Waals surface area contributed by atoms with Crippen LogP contribution in [0.25, 0.3) is 0 Å². The van der Waals surface area contributed by atoms with Gasteiger partial charge in [-0.2, -0.15) is 0 Å². The summed E-state index contributed by atoms with van der Waals surface area (Å²) < 4.78 is 0.